The lowest BCUT2D eigenvalue weighted by Gasteiger charge is -2.38. The number of carbonyl (C=O) groups excluding carboxylic acids is 4. The molecule has 16 heteroatoms. The largest absolute Gasteiger partial charge is 0.497 e. The van der Waals surface area contributed by atoms with Gasteiger partial charge < -0.3 is 29.7 Å². The van der Waals surface area contributed by atoms with E-state index in [9.17, 15) is 27.6 Å². The molecule has 4 heterocycles. The minimum absolute atomic E-state index is 0.0213. The van der Waals surface area contributed by atoms with E-state index in [2.05, 4.69) is 20.3 Å². The lowest BCUT2D eigenvalue weighted by Crippen LogP contribution is -2.58. The van der Waals surface area contributed by atoms with E-state index in [1.165, 1.54) is 12.0 Å². The molecule has 1 spiro atoms. The average molecular weight is 812 g/mol. The van der Waals surface area contributed by atoms with Crippen LogP contribution in [0.3, 0.4) is 0 Å². The lowest BCUT2D eigenvalue weighted by atomic mass is 9.86. The predicted molar refractivity (Wildman–Crippen MR) is 209 cm³/mol. The van der Waals surface area contributed by atoms with Crippen molar-refractivity contribution in [3.05, 3.63) is 41.6 Å². The third-order valence-electron chi connectivity index (χ3n) is 12.7. The molecule has 0 unspecified atom stereocenters. The van der Waals surface area contributed by atoms with Crippen LogP contribution in [-0.2, 0) is 29.1 Å². The molecule has 0 radical (unpaired) electrons. The molecule has 4 amide bonds. The van der Waals surface area contributed by atoms with Crippen molar-refractivity contribution in [2.75, 3.05) is 13.7 Å². The van der Waals surface area contributed by atoms with Crippen molar-refractivity contribution < 1.29 is 46.2 Å². The summed E-state index contributed by atoms with van der Waals surface area (Å²) in [6.07, 6.45) is 4.57. The number of nitrogens with one attached hydrogen (secondary N) is 3. The molecule has 1 aromatic carbocycles. The van der Waals surface area contributed by atoms with Crippen molar-refractivity contribution in [3.8, 4) is 11.5 Å². The number of halogens is 1. The molecule has 1 aromatic heterocycles. The van der Waals surface area contributed by atoms with Crippen LogP contribution in [0, 0.1) is 18.8 Å². The molecule has 57 heavy (non-hydrogen) atoms. The van der Waals surface area contributed by atoms with E-state index in [4.69, 9.17) is 14.2 Å². The van der Waals surface area contributed by atoms with E-state index in [-0.39, 0.29) is 43.9 Å². The maximum Gasteiger partial charge on any atom is 0.408 e. The summed E-state index contributed by atoms with van der Waals surface area (Å²) < 4.78 is 62.1. The van der Waals surface area contributed by atoms with Gasteiger partial charge in [-0.1, -0.05) is 38.8 Å². The van der Waals surface area contributed by atoms with E-state index < -0.39 is 80.0 Å². The van der Waals surface area contributed by atoms with Gasteiger partial charge in [-0.25, -0.2) is 22.6 Å². The summed E-state index contributed by atoms with van der Waals surface area (Å²) in [6.45, 7) is 8.65. The van der Waals surface area contributed by atoms with Gasteiger partial charge in [-0.3, -0.25) is 19.1 Å². The Bertz CT molecular complexity index is 2110. The third kappa shape index (κ3) is 7.77. The number of hydrogen-bond acceptors (Lipinski definition) is 10. The van der Waals surface area contributed by atoms with Gasteiger partial charge in [0.15, 0.2) is 0 Å². The van der Waals surface area contributed by atoms with Crippen molar-refractivity contribution in [1.82, 2.24) is 25.2 Å². The number of allylic oxidation sites excluding steroid dienone is 1. The van der Waals surface area contributed by atoms with Gasteiger partial charge in [0, 0.05) is 29.7 Å². The predicted octanol–water partition coefficient (Wildman–Crippen LogP) is 5.22. The first-order valence-corrected chi connectivity index (χ1v) is 21.5. The van der Waals surface area contributed by atoms with Gasteiger partial charge in [-0.05, 0) is 83.4 Å². The average Bonchev–Trinajstić information content (AvgIpc) is 4.04. The van der Waals surface area contributed by atoms with Crippen LogP contribution in [0.1, 0.15) is 109 Å². The van der Waals surface area contributed by atoms with Crippen molar-refractivity contribution in [2.24, 2.45) is 11.8 Å². The smallest absolute Gasteiger partial charge is 0.408 e. The van der Waals surface area contributed by atoms with E-state index in [1.54, 1.807) is 39.0 Å². The van der Waals surface area contributed by atoms with Gasteiger partial charge in [0.25, 0.3) is 5.91 Å². The number of amides is 4. The fraction of sp³-hybridized carbons (Fsp3) is 0.634. The highest BCUT2D eigenvalue weighted by Gasteiger charge is 2.64. The molecule has 3 N–H and O–H groups in total. The van der Waals surface area contributed by atoms with E-state index in [0.717, 1.165) is 12.8 Å². The molecular weight excluding hydrogens is 758 g/mol. The van der Waals surface area contributed by atoms with Gasteiger partial charge in [0.1, 0.15) is 47.0 Å². The lowest BCUT2D eigenvalue weighted by molar-refractivity contribution is -0.141. The van der Waals surface area contributed by atoms with Crippen LogP contribution >= 0.6 is 0 Å². The Morgan fingerprint density at radius 2 is 1.86 bits per heavy atom. The summed E-state index contributed by atoms with van der Waals surface area (Å²) in [6, 6.07) is 2.83. The van der Waals surface area contributed by atoms with Crippen molar-refractivity contribution in [1.29, 1.82) is 0 Å². The SMILES string of the molecule is COc1ccc2nc(C)c3c(c2c1)[C@H](F)C[C@]1(C[C@H]2C(=O)N[C@]4(C(=O)NS(=O)(=O)C5(C)CC5)C[C@H]4/C=C\CCCCC[C@H](NC(=O)O[C@H](C)C(C)C)C(=O)N2C1)O3. The molecule has 7 rings (SSSR count). The minimum Gasteiger partial charge on any atom is -0.497 e. The maximum absolute atomic E-state index is 16.8. The number of fused-ring (bicyclic) bond motifs is 5. The normalized spacial score (nSPS) is 30.7. The first-order chi connectivity index (χ1) is 26.9. The second kappa shape index (κ2) is 15.0. The van der Waals surface area contributed by atoms with Gasteiger partial charge in [0.2, 0.25) is 21.8 Å². The van der Waals surface area contributed by atoms with Gasteiger partial charge in [-0.15, -0.1) is 0 Å². The fourth-order valence-corrected chi connectivity index (χ4v) is 9.63. The Kier molecular flexibility index (Phi) is 10.7. The molecular formula is C41H54FN5O9S. The number of pyridine rings is 1. The Balaban J connectivity index is 1.25. The van der Waals surface area contributed by atoms with Crippen LogP contribution < -0.4 is 24.8 Å². The number of rotatable bonds is 7. The second-order valence-electron chi connectivity index (χ2n) is 17.2. The van der Waals surface area contributed by atoms with Crippen LogP contribution in [0.25, 0.3) is 10.9 Å². The zero-order valence-corrected chi connectivity index (χ0v) is 34.3. The molecule has 0 bridgehead atoms. The summed E-state index contributed by atoms with van der Waals surface area (Å²) in [5.74, 6) is -1.87. The minimum atomic E-state index is -4.04. The van der Waals surface area contributed by atoms with Crippen LogP contribution in [-0.4, -0.2) is 89.8 Å². The number of carbonyl (C=O) groups is 4. The first-order valence-electron chi connectivity index (χ1n) is 20.1. The molecule has 310 valence electrons. The molecule has 3 aliphatic heterocycles. The van der Waals surface area contributed by atoms with Crippen LogP contribution in [0.15, 0.2) is 30.4 Å². The molecule has 1 saturated heterocycles. The molecule has 7 atom stereocenters. The van der Waals surface area contributed by atoms with Crippen LogP contribution in [0.2, 0.25) is 0 Å². The van der Waals surface area contributed by atoms with E-state index >= 15 is 4.39 Å². The van der Waals surface area contributed by atoms with Gasteiger partial charge in [-0.2, -0.15) is 0 Å². The van der Waals surface area contributed by atoms with E-state index in [0.29, 0.717) is 53.6 Å². The number of alkyl carbamates (subject to hydrolysis) is 1. The van der Waals surface area contributed by atoms with E-state index in [1.807, 2.05) is 26.0 Å². The number of ether oxygens (including phenoxy) is 3. The summed E-state index contributed by atoms with van der Waals surface area (Å²) in [7, 11) is -2.52. The quantitative estimate of drug-likeness (QED) is 0.314. The number of hydrogen-bond donors (Lipinski definition) is 3. The molecule has 3 fully saturated rings. The van der Waals surface area contributed by atoms with Crippen LogP contribution in [0.5, 0.6) is 11.5 Å². The number of methoxy groups -OCH3 is 1. The Hall–Kier alpha value is -4.47. The molecule has 2 aromatic rings. The molecule has 2 aliphatic carbocycles. The molecule has 2 saturated carbocycles. The van der Waals surface area contributed by atoms with Gasteiger partial charge >= 0.3 is 6.09 Å². The number of benzene rings is 1. The fourth-order valence-electron chi connectivity index (χ4n) is 8.32. The van der Waals surface area contributed by atoms with Crippen LogP contribution in [0.4, 0.5) is 9.18 Å². The monoisotopic (exact) mass is 811 g/mol. The topological polar surface area (TPSA) is 182 Å². The zero-order chi connectivity index (χ0) is 41.1. The number of aromatic nitrogens is 1. The Morgan fingerprint density at radius 3 is 2.56 bits per heavy atom. The van der Waals surface area contributed by atoms with Crippen molar-refractivity contribution in [2.45, 2.75) is 139 Å². The highest BCUT2D eigenvalue weighted by molar-refractivity contribution is 7.91. The highest BCUT2D eigenvalue weighted by atomic mass is 32.2. The Morgan fingerprint density at radius 1 is 1.11 bits per heavy atom. The summed E-state index contributed by atoms with van der Waals surface area (Å²) in [4.78, 5) is 62.6. The van der Waals surface area contributed by atoms with Crippen molar-refractivity contribution in [3.63, 3.8) is 0 Å². The zero-order valence-electron chi connectivity index (χ0n) is 33.5. The molecule has 14 nitrogen and oxygen atoms in total. The highest BCUT2D eigenvalue weighted by Crippen LogP contribution is 2.52. The number of alkyl halides is 1. The maximum atomic E-state index is 16.8. The number of aryl methyl sites for hydroxylation is 1. The Labute approximate surface area is 333 Å². The second-order valence-corrected chi connectivity index (χ2v) is 19.4. The summed E-state index contributed by atoms with van der Waals surface area (Å²) >= 11 is 0. The number of nitrogens with zero attached hydrogens (tertiary/aromatic N) is 2. The standard InChI is InChI=1S/C41H54FN5O9S/c1-23(2)25(4)55-38(51)44-31-13-11-9-7-8-10-12-26-19-41(26,37(50)46-57(52,53)39(5)16-17-39)45-35(48)32-21-40(22-47(32)36(31)49)20-29(42)33-28-18-27(54-6)14-15-30(28)43-24(3)34(33)56-40/h10,12,14-15,18,23,25-26,29,31-32H,7-9,11,13,16-17,19-22H2,1-6H3,(H,44,51)(H,45,48)(H,46,50)/b12-10-/t25-,26-,29-,31+,32+,40-,41-/m1/s1. The van der Waals surface area contributed by atoms with Gasteiger partial charge in [0.05, 0.1) is 29.6 Å². The van der Waals surface area contributed by atoms with Crippen molar-refractivity contribution >= 4 is 44.7 Å². The summed E-state index contributed by atoms with van der Waals surface area (Å²) in [5, 5.41) is 6.14. The molecule has 5 aliphatic rings. The first kappa shape index (κ1) is 40.7. The third-order valence-corrected chi connectivity index (χ3v) is 14.8. The number of sulfonamides is 1. The summed E-state index contributed by atoms with van der Waals surface area (Å²) in [5.41, 5.74) is -1.69.